The van der Waals surface area contributed by atoms with Crippen LogP contribution in [0.1, 0.15) is 30.4 Å². The summed E-state index contributed by atoms with van der Waals surface area (Å²) in [5, 5.41) is 9.61. The molecule has 0 unspecified atom stereocenters. The number of ether oxygens (including phenoxy) is 2. The molecule has 0 amide bonds. The summed E-state index contributed by atoms with van der Waals surface area (Å²) in [5.41, 5.74) is 1.63. The average Bonchev–Trinajstić information content (AvgIpc) is 3.13. The zero-order valence-corrected chi connectivity index (χ0v) is 11.4. The number of carboxylic acids is 1. The molecule has 0 radical (unpaired) electrons. The molecule has 5 heteroatoms. The van der Waals surface area contributed by atoms with Gasteiger partial charge in [0.25, 0.3) is 0 Å². The SMILES string of the molecule is Cc1c(C2(CC(=O)O)CC2)cc2c(c1Cl)OCCO2. The van der Waals surface area contributed by atoms with Gasteiger partial charge in [0.15, 0.2) is 11.5 Å². The molecule has 1 aromatic carbocycles. The maximum Gasteiger partial charge on any atom is 0.304 e. The van der Waals surface area contributed by atoms with Crippen LogP contribution in [0.25, 0.3) is 0 Å². The Hall–Kier alpha value is -1.42. The van der Waals surface area contributed by atoms with Crippen molar-refractivity contribution in [2.24, 2.45) is 0 Å². The number of carboxylic acid groups (broad SMARTS) is 1. The van der Waals surface area contributed by atoms with Crippen molar-refractivity contribution in [3.8, 4) is 11.5 Å². The number of hydrogen-bond donors (Lipinski definition) is 1. The lowest BCUT2D eigenvalue weighted by atomic mass is 9.88. The van der Waals surface area contributed by atoms with Crippen molar-refractivity contribution >= 4 is 17.6 Å². The Kier molecular flexibility index (Phi) is 2.86. The summed E-state index contributed by atoms with van der Waals surface area (Å²) in [7, 11) is 0. The second kappa shape index (κ2) is 4.30. The molecular formula is C14H15ClO4. The standard InChI is InChI=1S/C14H15ClO4/c1-8-9(14(2-3-14)7-11(16)17)6-10-13(12(8)15)19-5-4-18-10/h6H,2-5,7H2,1H3,(H,16,17). The minimum Gasteiger partial charge on any atom is -0.486 e. The molecule has 1 N–H and O–H groups in total. The summed E-state index contributed by atoms with van der Waals surface area (Å²) in [4.78, 5) is 11.0. The van der Waals surface area contributed by atoms with E-state index >= 15 is 0 Å². The number of hydrogen-bond acceptors (Lipinski definition) is 3. The van der Waals surface area contributed by atoms with Crippen molar-refractivity contribution in [1.29, 1.82) is 0 Å². The molecule has 0 spiro atoms. The quantitative estimate of drug-likeness (QED) is 0.926. The van der Waals surface area contributed by atoms with Crippen LogP contribution in [0.3, 0.4) is 0 Å². The molecule has 0 aromatic heterocycles. The number of aliphatic carboxylic acids is 1. The Morgan fingerprint density at radius 1 is 1.42 bits per heavy atom. The first-order valence-corrected chi connectivity index (χ1v) is 6.72. The normalized spacial score (nSPS) is 19.1. The van der Waals surface area contributed by atoms with Gasteiger partial charge in [0, 0.05) is 5.41 Å². The first kappa shape index (κ1) is 12.6. The van der Waals surface area contributed by atoms with E-state index in [0.717, 1.165) is 24.0 Å². The molecule has 1 aromatic rings. The molecule has 1 fully saturated rings. The number of fused-ring (bicyclic) bond motifs is 1. The van der Waals surface area contributed by atoms with Gasteiger partial charge in [-0.05, 0) is 37.0 Å². The van der Waals surface area contributed by atoms with Crippen molar-refractivity contribution in [3.63, 3.8) is 0 Å². The van der Waals surface area contributed by atoms with Crippen LogP contribution in [0.4, 0.5) is 0 Å². The summed E-state index contributed by atoms with van der Waals surface area (Å²) in [5.74, 6) is 0.441. The zero-order valence-electron chi connectivity index (χ0n) is 10.7. The lowest BCUT2D eigenvalue weighted by molar-refractivity contribution is -0.137. The van der Waals surface area contributed by atoms with Gasteiger partial charge in [-0.3, -0.25) is 4.79 Å². The smallest absolute Gasteiger partial charge is 0.304 e. The van der Waals surface area contributed by atoms with Gasteiger partial charge in [-0.1, -0.05) is 11.6 Å². The number of rotatable bonds is 3. The molecule has 0 saturated heterocycles. The fourth-order valence-corrected chi connectivity index (χ4v) is 3.02. The average molecular weight is 283 g/mol. The van der Waals surface area contributed by atoms with Crippen molar-refractivity contribution in [2.45, 2.75) is 31.6 Å². The molecule has 1 aliphatic carbocycles. The van der Waals surface area contributed by atoms with E-state index in [9.17, 15) is 4.79 Å². The lowest BCUT2D eigenvalue weighted by Gasteiger charge is -2.25. The van der Waals surface area contributed by atoms with E-state index in [4.69, 9.17) is 26.2 Å². The van der Waals surface area contributed by atoms with E-state index in [1.807, 2.05) is 13.0 Å². The van der Waals surface area contributed by atoms with Gasteiger partial charge in [0.1, 0.15) is 13.2 Å². The van der Waals surface area contributed by atoms with Crippen LogP contribution < -0.4 is 9.47 Å². The Bertz CT molecular complexity index is 549. The van der Waals surface area contributed by atoms with Gasteiger partial charge < -0.3 is 14.6 Å². The largest absolute Gasteiger partial charge is 0.486 e. The van der Waals surface area contributed by atoms with Crippen LogP contribution in [-0.2, 0) is 10.2 Å². The molecule has 1 heterocycles. The third-order valence-corrected chi connectivity index (χ3v) is 4.39. The van der Waals surface area contributed by atoms with E-state index in [-0.39, 0.29) is 11.8 Å². The Morgan fingerprint density at radius 2 is 2.11 bits per heavy atom. The van der Waals surface area contributed by atoms with Crippen LogP contribution in [0, 0.1) is 6.92 Å². The fourth-order valence-electron chi connectivity index (χ4n) is 2.77. The van der Waals surface area contributed by atoms with Crippen LogP contribution in [0.5, 0.6) is 11.5 Å². The third kappa shape index (κ3) is 2.04. The Morgan fingerprint density at radius 3 is 2.74 bits per heavy atom. The molecule has 3 rings (SSSR count). The second-order valence-electron chi connectivity index (χ2n) is 5.24. The highest BCUT2D eigenvalue weighted by Gasteiger charge is 2.47. The molecule has 102 valence electrons. The molecule has 0 atom stereocenters. The van der Waals surface area contributed by atoms with E-state index in [2.05, 4.69) is 0 Å². The maximum atomic E-state index is 11.0. The molecule has 19 heavy (non-hydrogen) atoms. The van der Waals surface area contributed by atoms with Crippen LogP contribution in [-0.4, -0.2) is 24.3 Å². The molecule has 1 aliphatic heterocycles. The fraction of sp³-hybridized carbons (Fsp3) is 0.500. The topological polar surface area (TPSA) is 55.8 Å². The van der Waals surface area contributed by atoms with Crippen molar-refractivity contribution < 1.29 is 19.4 Å². The number of carbonyl (C=O) groups is 1. The summed E-state index contributed by atoms with van der Waals surface area (Å²) in [6, 6.07) is 1.91. The van der Waals surface area contributed by atoms with Gasteiger partial charge in [0.05, 0.1) is 11.4 Å². The molecular weight excluding hydrogens is 268 g/mol. The monoisotopic (exact) mass is 282 g/mol. The summed E-state index contributed by atoms with van der Waals surface area (Å²) >= 11 is 6.33. The predicted molar refractivity (Wildman–Crippen MR) is 70.3 cm³/mol. The maximum absolute atomic E-state index is 11.0. The Labute approximate surface area is 116 Å². The summed E-state index contributed by atoms with van der Waals surface area (Å²) < 4.78 is 11.1. The molecule has 1 saturated carbocycles. The van der Waals surface area contributed by atoms with Gasteiger partial charge in [0.2, 0.25) is 0 Å². The predicted octanol–water partition coefficient (Wildman–Crippen LogP) is 2.93. The van der Waals surface area contributed by atoms with Gasteiger partial charge in [-0.25, -0.2) is 0 Å². The number of halogens is 1. The highest BCUT2D eigenvalue weighted by molar-refractivity contribution is 6.33. The van der Waals surface area contributed by atoms with Crippen molar-refractivity contribution in [1.82, 2.24) is 0 Å². The molecule has 0 bridgehead atoms. The molecule has 2 aliphatic rings. The zero-order chi connectivity index (χ0) is 13.6. The molecule has 4 nitrogen and oxygen atoms in total. The summed E-state index contributed by atoms with van der Waals surface area (Å²) in [6.45, 7) is 2.90. The van der Waals surface area contributed by atoms with Gasteiger partial charge in [-0.2, -0.15) is 0 Å². The second-order valence-corrected chi connectivity index (χ2v) is 5.62. The summed E-state index contributed by atoms with van der Waals surface area (Å²) in [6.07, 6.45) is 1.91. The van der Waals surface area contributed by atoms with Crippen LogP contribution in [0.15, 0.2) is 6.07 Å². The highest BCUT2D eigenvalue weighted by atomic mass is 35.5. The van der Waals surface area contributed by atoms with Crippen molar-refractivity contribution in [2.75, 3.05) is 13.2 Å². The van der Waals surface area contributed by atoms with E-state index in [0.29, 0.717) is 29.7 Å². The van der Waals surface area contributed by atoms with Gasteiger partial charge in [-0.15, -0.1) is 0 Å². The first-order chi connectivity index (χ1) is 9.03. The lowest BCUT2D eigenvalue weighted by Crippen LogP contribution is -2.19. The first-order valence-electron chi connectivity index (χ1n) is 6.34. The van der Waals surface area contributed by atoms with Gasteiger partial charge >= 0.3 is 5.97 Å². The van der Waals surface area contributed by atoms with Crippen molar-refractivity contribution in [3.05, 3.63) is 22.2 Å². The highest BCUT2D eigenvalue weighted by Crippen LogP contribution is 2.55. The number of benzene rings is 1. The van der Waals surface area contributed by atoms with Crippen LogP contribution >= 0.6 is 11.6 Å². The minimum atomic E-state index is -0.775. The minimum absolute atomic E-state index is 0.143. The van der Waals surface area contributed by atoms with Crippen LogP contribution in [0.2, 0.25) is 5.02 Å². The van der Waals surface area contributed by atoms with E-state index in [1.165, 1.54) is 0 Å². The van der Waals surface area contributed by atoms with E-state index < -0.39 is 5.97 Å². The Balaban J connectivity index is 2.07. The van der Waals surface area contributed by atoms with E-state index in [1.54, 1.807) is 0 Å². The third-order valence-electron chi connectivity index (χ3n) is 3.93.